The number of para-hydroxylation sites is 1. The Morgan fingerprint density at radius 2 is 1.81 bits per heavy atom. The van der Waals surface area contributed by atoms with E-state index in [1.165, 1.54) is 38.0 Å². The summed E-state index contributed by atoms with van der Waals surface area (Å²) in [7, 11) is 0. The van der Waals surface area contributed by atoms with Gasteiger partial charge in [0.2, 0.25) is 0 Å². The van der Waals surface area contributed by atoms with E-state index in [4.69, 9.17) is 0 Å². The van der Waals surface area contributed by atoms with Crippen molar-refractivity contribution in [3.8, 4) is 0 Å². The monoisotopic (exact) mass is 218 g/mol. The second-order valence-electron chi connectivity index (χ2n) is 4.77. The maximum Gasteiger partial charge on any atom is 0.0360 e. The van der Waals surface area contributed by atoms with Crippen molar-refractivity contribution < 1.29 is 0 Å². The Balaban J connectivity index is 1.77. The van der Waals surface area contributed by atoms with Gasteiger partial charge >= 0.3 is 0 Å². The van der Waals surface area contributed by atoms with Gasteiger partial charge in [0.15, 0.2) is 0 Å². The van der Waals surface area contributed by atoms with E-state index < -0.39 is 0 Å². The molecule has 0 saturated carbocycles. The van der Waals surface area contributed by atoms with Gasteiger partial charge in [-0.3, -0.25) is 0 Å². The summed E-state index contributed by atoms with van der Waals surface area (Å²) in [5, 5.41) is 3.55. The van der Waals surface area contributed by atoms with Crippen LogP contribution in [0.2, 0.25) is 0 Å². The summed E-state index contributed by atoms with van der Waals surface area (Å²) in [6.45, 7) is 5.98. The van der Waals surface area contributed by atoms with Gasteiger partial charge in [-0.2, -0.15) is 0 Å². The van der Waals surface area contributed by atoms with E-state index in [9.17, 15) is 0 Å². The predicted octanol–water partition coefficient (Wildman–Crippen LogP) is 2.97. The van der Waals surface area contributed by atoms with Crippen molar-refractivity contribution in [2.45, 2.75) is 32.2 Å². The third-order valence-corrected chi connectivity index (χ3v) is 3.17. The molecule has 0 spiro atoms. The van der Waals surface area contributed by atoms with Gasteiger partial charge in [-0.05, 0) is 45.0 Å². The topological polar surface area (TPSA) is 15.3 Å². The molecule has 0 radical (unpaired) electrons. The minimum absolute atomic E-state index is 0.528. The summed E-state index contributed by atoms with van der Waals surface area (Å²) in [5.41, 5.74) is 1.23. The van der Waals surface area contributed by atoms with Crippen molar-refractivity contribution in [2.24, 2.45) is 0 Å². The summed E-state index contributed by atoms with van der Waals surface area (Å²) >= 11 is 0. The quantitative estimate of drug-likeness (QED) is 0.836. The predicted molar refractivity (Wildman–Crippen MR) is 69.8 cm³/mol. The molecule has 1 saturated heterocycles. The number of piperidine rings is 1. The number of hydrogen-bond donors (Lipinski definition) is 1. The number of benzene rings is 1. The summed E-state index contributed by atoms with van der Waals surface area (Å²) < 4.78 is 0. The molecule has 0 aliphatic carbocycles. The highest BCUT2D eigenvalue weighted by Gasteiger charge is 2.12. The zero-order valence-electron chi connectivity index (χ0n) is 10.2. The molecule has 1 N–H and O–H groups in total. The highest BCUT2D eigenvalue weighted by molar-refractivity contribution is 5.43. The van der Waals surface area contributed by atoms with Gasteiger partial charge in [0.25, 0.3) is 0 Å². The number of likely N-dealkylation sites (tertiary alicyclic amines) is 1. The molecule has 2 heteroatoms. The third-order valence-electron chi connectivity index (χ3n) is 3.17. The molecule has 1 fully saturated rings. The summed E-state index contributed by atoms with van der Waals surface area (Å²) in [6, 6.07) is 11.0. The molecular weight excluding hydrogens is 196 g/mol. The van der Waals surface area contributed by atoms with Gasteiger partial charge in [0.1, 0.15) is 0 Å². The SMILES string of the molecule is CC(CN1CCCCC1)Nc1ccccc1. The van der Waals surface area contributed by atoms with Crippen LogP contribution in [-0.4, -0.2) is 30.6 Å². The molecule has 1 heterocycles. The number of anilines is 1. The fourth-order valence-electron chi connectivity index (χ4n) is 2.39. The van der Waals surface area contributed by atoms with Crippen LogP contribution in [-0.2, 0) is 0 Å². The van der Waals surface area contributed by atoms with E-state index >= 15 is 0 Å². The van der Waals surface area contributed by atoms with Crippen LogP contribution in [0.4, 0.5) is 5.69 Å². The first-order valence-electron chi connectivity index (χ1n) is 6.38. The van der Waals surface area contributed by atoms with Crippen LogP contribution >= 0.6 is 0 Å². The van der Waals surface area contributed by atoms with E-state index in [1.807, 2.05) is 0 Å². The largest absolute Gasteiger partial charge is 0.381 e. The van der Waals surface area contributed by atoms with Gasteiger partial charge in [-0.1, -0.05) is 24.6 Å². The second-order valence-corrected chi connectivity index (χ2v) is 4.77. The lowest BCUT2D eigenvalue weighted by molar-refractivity contribution is 0.223. The molecule has 1 aromatic rings. The lowest BCUT2D eigenvalue weighted by Crippen LogP contribution is -2.38. The fraction of sp³-hybridized carbons (Fsp3) is 0.571. The molecule has 1 aliphatic heterocycles. The first-order valence-corrected chi connectivity index (χ1v) is 6.38. The molecule has 1 aromatic carbocycles. The average Bonchev–Trinajstić information content (AvgIpc) is 2.31. The van der Waals surface area contributed by atoms with E-state index in [2.05, 4.69) is 47.5 Å². The molecule has 0 amide bonds. The van der Waals surface area contributed by atoms with Crippen LogP contribution in [0, 0.1) is 0 Å². The van der Waals surface area contributed by atoms with Crippen molar-refractivity contribution >= 4 is 5.69 Å². The first-order chi connectivity index (χ1) is 7.84. The maximum absolute atomic E-state index is 3.55. The fourth-order valence-corrected chi connectivity index (χ4v) is 2.39. The van der Waals surface area contributed by atoms with Gasteiger partial charge in [-0.25, -0.2) is 0 Å². The first kappa shape index (κ1) is 11.5. The smallest absolute Gasteiger partial charge is 0.0360 e. The minimum Gasteiger partial charge on any atom is -0.381 e. The van der Waals surface area contributed by atoms with E-state index in [-0.39, 0.29) is 0 Å². The number of nitrogens with zero attached hydrogens (tertiary/aromatic N) is 1. The Hall–Kier alpha value is -1.02. The van der Waals surface area contributed by atoms with E-state index in [0.29, 0.717) is 6.04 Å². The molecule has 1 atom stereocenters. The minimum atomic E-state index is 0.528. The van der Waals surface area contributed by atoms with Crippen molar-refractivity contribution in [2.75, 3.05) is 25.0 Å². The zero-order chi connectivity index (χ0) is 11.2. The molecule has 1 unspecified atom stereocenters. The standard InChI is InChI=1S/C14H22N2/c1-13(12-16-10-6-3-7-11-16)15-14-8-4-2-5-9-14/h2,4-5,8-9,13,15H,3,6-7,10-12H2,1H3. The molecule has 2 rings (SSSR count). The maximum atomic E-state index is 3.55. The van der Waals surface area contributed by atoms with Crippen LogP contribution in [0.1, 0.15) is 26.2 Å². The summed E-state index contributed by atoms with van der Waals surface area (Å²) in [6.07, 6.45) is 4.16. The lowest BCUT2D eigenvalue weighted by atomic mass is 10.1. The van der Waals surface area contributed by atoms with Gasteiger partial charge in [0, 0.05) is 18.3 Å². The van der Waals surface area contributed by atoms with Crippen LogP contribution in [0.5, 0.6) is 0 Å². The average molecular weight is 218 g/mol. The number of nitrogens with one attached hydrogen (secondary N) is 1. The van der Waals surface area contributed by atoms with E-state index in [0.717, 1.165) is 6.54 Å². The van der Waals surface area contributed by atoms with Crippen LogP contribution in [0.3, 0.4) is 0 Å². The molecule has 0 aromatic heterocycles. The highest BCUT2D eigenvalue weighted by Crippen LogP contribution is 2.11. The Morgan fingerprint density at radius 1 is 1.12 bits per heavy atom. The van der Waals surface area contributed by atoms with Crippen LogP contribution < -0.4 is 5.32 Å². The van der Waals surface area contributed by atoms with Gasteiger partial charge in [0.05, 0.1) is 0 Å². The van der Waals surface area contributed by atoms with Crippen molar-refractivity contribution in [1.29, 1.82) is 0 Å². The molecule has 16 heavy (non-hydrogen) atoms. The molecule has 1 aliphatic rings. The van der Waals surface area contributed by atoms with Gasteiger partial charge in [-0.15, -0.1) is 0 Å². The lowest BCUT2D eigenvalue weighted by Gasteiger charge is -2.29. The zero-order valence-corrected chi connectivity index (χ0v) is 10.2. The molecule has 0 bridgehead atoms. The highest BCUT2D eigenvalue weighted by atomic mass is 15.1. The van der Waals surface area contributed by atoms with Crippen molar-refractivity contribution in [3.05, 3.63) is 30.3 Å². The molecule has 88 valence electrons. The van der Waals surface area contributed by atoms with Crippen molar-refractivity contribution in [3.63, 3.8) is 0 Å². The Labute approximate surface area is 98.7 Å². The van der Waals surface area contributed by atoms with E-state index in [1.54, 1.807) is 0 Å². The second kappa shape index (κ2) is 5.90. The summed E-state index contributed by atoms with van der Waals surface area (Å²) in [4.78, 5) is 2.57. The third kappa shape index (κ3) is 3.53. The molecular formula is C14H22N2. The molecule has 2 nitrogen and oxygen atoms in total. The van der Waals surface area contributed by atoms with Gasteiger partial charge < -0.3 is 10.2 Å². The van der Waals surface area contributed by atoms with Crippen molar-refractivity contribution in [1.82, 2.24) is 4.90 Å². The Bertz CT molecular complexity index is 291. The number of hydrogen-bond acceptors (Lipinski definition) is 2. The normalized spacial score (nSPS) is 19.3. The summed E-state index contributed by atoms with van der Waals surface area (Å²) in [5.74, 6) is 0. The number of rotatable bonds is 4. The van der Waals surface area contributed by atoms with Crippen LogP contribution in [0.15, 0.2) is 30.3 Å². The van der Waals surface area contributed by atoms with Crippen LogP contribution in [0.25, 0.3) is 0 Å². The Morgan fingerprint density at radius 3 is 2.50 bits per heavy atom. The Kier molecular flexibility index (Phi) is 4.23.